The highest BCUT2D eigenvalue weighted by Gasteiger charge is 2.76. The van der Waals surface area contributed by atoms with Gasteiger partial charge in [-0.15, -0.1) is 4.99 Å². The highest BCUT2D eigenvalue weighted by atomic mass is 28.4. The molecule has 0 spiro atoms. The Hall–Kier alpha value is -1.26. The minimum atomic E-state index is -4.12. The summed E-state index contributed by atoms with van der Waals surface area (Å²) in [4.78, 5) is 30.9. The SMILES string of the molecule is CC(C)OC(N=C=O)(OC(C)C)C(CCN=C=O)(OC(C)C)[Si](OC(C)C)(OC(C)C)OC(C)C. The van der Waals surface area contributed by atoms with Gasteiger partial charge in [0, 0.05) is 24.7 Å². The van der Waals surface area contributed by atoms with E-state index in [0.29, 0.717) is 0 Å². The Bertz CT molecular complexity index is 680. The van der Waals surface area contributed by atoms with Gasteiger partial charge in [-0.1, -0.05) is 0 Å². The predicted molar refractivity (Wildman–Crippen MR) is 134 cm³/mol. The largest absolute Gasteiger partial charge is 0.543 e. The number of ether oxygens (including phenoxy) is 3. The second-order valence-electron chi connectivity index (χ2n) is 9.89. The lowest BCUT2D eigenvalue weighted by molar-refractivity contribution is -0.347. The molecule has 204 valence electrons. The molecule has 0 aromatic rings. The third-order valence-corrected chi connectivity index (χ3v) is 8.26. The summed E-state index contributed by atoms with van der Waals surface area (Å²) in [5, 5.41) is -1.76. The van der Waals surface area contributed by atoms with E-state index in [1.165, 1.54) is 0 Å². The fourth-order valence-corrected chi connectivity index (χ4v) is 7.69. The predicted octanol–water partition coefficient (Wildman–Crippen LogP) is 4.47. The maximum absolute atomic E-state index is 11.9. The zero-order valence-corrected chi connectivity index (χ0v) is 24.5. The molecule has 0 aromatic carbocycles. The lowest BCUT2D eigenvalue weighted by Crippen LogP contribution is -2.79. The van der Waals surface area contributed by atoms with Gasteiger partial charge in [-0.3, -0.25) is 0 Å². The Morgan fingerprint density at radius 3 is 1.31 bits per heavy atom. The standard InChI is InChI=1S/C24H46N2O8Si/c1-17(2)29-23(13-14-25-15-27,24(26-16-28,30-18(3)4)31-19(5)6)35(32-20(7)8,33-21(9)10)34-22(11)12/h17-22H,13-14H2,1-12H3. The van der Waals surface area contributed by atoms with E-state index in [4.69, 9.17) is 27.5 Å². The molecule has 0 bridgehead atoms. The van der Waals surface area contributed by atoms with Crippen LogP contribution in [-0.4, -0.2) is 75.3 Å². The van der Waals surface area contributed by atoms with Gasteiger partial charge in [-0.05, 0) is 83.1 Å². The summed E-state index contributed by atoms with van der Waals surface area (Å²) >= 11 is 0. The third kappa shape index (κ3) is 9.61. The molecule has 0 saturated heterocycles. The number of rotatable bonds is 18. The zero-order chi connectivity index (χ0) is 27.4. The van der Waals surface area contributed by atoms with Gasteiger partial charge in [-0.25, -0.2) is 14.6 Å². The molecule has 10 nitrogen and oxygen atoms in total. The molecule has 0 aliphatic carbocycles. The first kappa shape index (κ1) is 33.7. The fourth-order valence-electron chi connectivity index (χ4n) is 3.73. The lowest BCUT2D eigenvalue weighted by atomic mass is 10.1. The number of hydrogen-bond donors (Lipinski definition) is 0. The molecule has 0 heterocycles. The summed E-state index contributed by atoms with van der Waals surface area (Å²) < 4.78 is 38.9. The van der Waals surface area contributed by atoms with E-state index < -0.39 is 38.3 Å². The highest BCUT2D eigenvalue weighted by molar-refractivity contribution is 6.64. The molecular weight excluding hydrogens is 472 g/mol. The van der Waals surface area contributed by atoms with Crippen molar-refractivity contribution in [2.75, 3.05) is 6.54 Å². The molecule has 1 unspecified atom stereocenters. The number of hydrogen-bond acceptors (Lipinski definition) is 10. The highest BCUT2D eigenvalue weighted by Crippen LogP contribution is 2.47. The van der Waals surface area contributed by atoms with E-state index in [0.717, 1.165) is 0 Å². The van der Waals surface area contributed by atoms with Gasteiger partial charge in [0.25, 0.3) is 0 Å². The molecule has 35 heavy (non-hydrogen) atoms. The summed E-state index contributed by atoms with van der Waals surface area (Å²) in [6.45, 7) is 21.7. The van der Waals surface area contributed by atoms with Crippen molar-refractivity contribution in [2.24, 2.45) is 9.98 Å². The van der Waals surface area contributed by atoms with Crippen LogP contribution in [0, 0.1) is 0 Å². The number of nitrogens with zero attached hydrogens (tertiary/aromatic N) is 2. The van der Waals surface area contributed by atoms with Crippen molar-refractivity contribution in [3.05, 3.63) is 0 Å². The Morgan fingerprint density at radius 2 is 1.03 bits per heavy atom. The number of carbonyl (C=O) groups excluding carboxylic acids is 2. The Kier molecular flexibility index (Phi) is 14.6. The van der Waals surface area contributed by atoms with Gasteiger partial charge in [0.15, 0.2) is 0 Å². The Labute approximate surface area is 212 Å². The molecule has 0 saturated carbocycles. The first-order chi connectivity index (χ1) is 16.1. The van der Waals surface area contributed by atoms with E-state index >= 15 is 0 Å². The van der Waals surface area contributed by atoms with E-state index in [2.05, 4.69) is 9.98 Å². The van der Waals surface area contributed by atoms with Crippen LogP contribution in [0.1, 0.15) is 89.5 Å². The van der Waals surface area contributed by atoms with E-state index in [9.17, 15) is 9.59 Å². The maximum Gasteiger partial charge on any atom is 0.543 e. The third-order valence-electron chi connectivity index (χ3n) is 4.24. The summed E-state index contributed by atoms with van der Waals surface area (Å²) in [5.74, 6) is -2.09. The average Bonchev–Trinajstić information content (AvgIpc) is 2.64. The van der Waals surface area contributed by atoms with Crippen molar-refractivity contribution >= 4 is 21.0 Å². The monoisotopic (exact) mass is 518 g/mol. The molecule has 1 atom stereocenters. The van der Waals surface area contributed by atoms with Crippen molar-refractivity contribution in [2.45, 2.75) is 137 Å². The molecule has 0 radical (unpaired) electrons. The smallest absolute Gasteiger partial charge is 0.369 e. The van der Waals surface area contributed by atoms with Crippen LogP contribution in [0.3, 0.4) is 0 Å². The normalized spacial score (nSPS) is 14.7. The molecular formula is C24H46N2O8Si. The van der Waals surface area contributed by atoms with Gasteiger partial charge in [0.1, 0.15) is 0 Å². The molecule has 0 fully saturated rings. The summed E-state index contributed by atoms with van der Waals surface area (Å²) in [6, 6.07) is 0. The molecule has 11 heteroatoms. The zero-order valence-electron chi connectivity index (χ0n) is 23.5. The Balaban J connectivity index is 7.96. The molecule has 0 amide bonds. The molecule has 0 aliphatic heterocycles. The van der Waals surface area contributed by atoms with Crippen LogP contribution in [0.25, 0.3) is 0 Å². The first-order valence-corrected chi connectivity index (χ1v) is 14.0. The molecule has 0 N–H and O–H groups in total. The average molecular weight is 519 g/mol. The van der Waals surface area contributed by atoms with Crippen LogP contribution in [-0.2, 0) is 37.1 Å². The van der Waals surface area contributed by atoms with Gasteiger partial charge < -0.3 is 27.5 Å². The van der Waals surface area contributed by atoms with Crippen LogP contribution in [0.15, 0.2) is 9.98 Å². The van der Waals surface area contributed by atoms with Crippen LogP contribution in [0.4, 0.5) is 0 Å². The first-order valence-electron chi connectivity index (χ1n) is 12.3. The lowest BCUT2D eigenvalue weighted by Gasteiger charge is -2.54. The number of aliphatic imine (C=N–C) groups is 2. The fraction of sp³-hybridized carbons (Fsp3) is 0.917. The number of isocyanates is 2. The van der Waals surface area contributed by atoms with Crippen LogP contribution >= 0.6 is 0 Å². The van der Waals surface area contributed by atoms with Gasteiger partial charge >= 0.3 is 14.7 Å². The van der Waals surface area contributed by atoms with Gasteiger partial charge in [0.05, 0.1) is 24.9 Å². The van der Waals surface area contributed by atoms with Crippen molar-refractivity contribution < 1.29 is 37.1 Å². The second-order valence-corrected chi connectivity index (χ2v) is 12.5. The van der Waals surface area contributed by atoms with Gasteiger partial charge in [0.2, 0.25) is 17.4 Å². The van der Waals surface area contributed by atoms with Crippen LogP contribution < -0.4 is 0 Å². The second kappa shape index (κ2) is 15.1. The quantitative estimate of drug-likeness (QED) is 0.113. The summed E-state index contributed by atoms with van der Waals surface area (Å²) in [7, 11) is -4.12. The minimum Gasteiger partial charge on any atom is -0.369 e. The maximum atomic E-state index is 11.9. The summed E-state index contributed by atoms with van der Waals surface area (Å²) in [6.07, 6.45) is 0.612. The van der Waals surface area contributed by atoms with E-state index in [1.807, 2.05) is 55.4 Å². The van der Waals surface area contributed by atoms with E-state index in [1.54, 1.807) is 39.9 Å². The van der Waals surface area contributed by atoms with Crippen LogP contribution in [0.2, 0.25) is 0 Å². The van der Waals surface area contributed by atoms with Crippen molar-refractivity contribution in [3.63, 3.8) is 0 Å². The summed E-state index contributed by atoms with van der Waals surface area (Å²) in [5.41, 5.74) is 0. The van der Waals surface area contributed by atoms with E-state index in [-0.39, 0.29) is 31.3 Å². The minimum absolute atomic E-state index is 0.0383. The van der Waals surface area contributed by atoms with Crippen molar-refractivity contribution in [1.82, 2.24) is 0 Å². The van der Waals surface area contributed by atoms with Gasteiger partial charge in [-0.2, -0.15) is 0 Å². The molecule has 0 rings (SSSR count). The Morgan fingerprint density at radius 1 is 0.629 bits per heavy atom. The van der Waals surface area contributed by atoms with Crippen LogP contribution in [0.5, 0.6) is 0 Å². The van der Waals surface area contributed by atoms with Crippen molar-refractivity contribution in [3.8, 4) is 0 Å². The molecule has 0 aliphatic rings. The molecule has 0 aromatic heterocycles. The topological polar surface area (TPSA) is 114 Å². The van der Waals surface area contributed by atoms with Crippen molar-refractivity contribution in [1.29, 1.82) is 0 Å².